The van der Waals surface area contributed by atoms with Crippen molar-refractivity contribution in [3.05, 3.63) is 59.3 Å². The highest BCUT2D eigenvalue weighted by Crippen LogP contribution is 2.08. The third kappa shape index (κ3) is 5.10. The van der Waals surface area contributed by atoms with E-state index in [0.717, 1.165) is 11.1 Å². The van der Waals surface area contributed by atoms with Crippen LogP contribution in [0.15, 0.2) is 42.6 Å². The monoisotopic (exact) mass is 313 g/mol. The number of amides is 2. The van der Waals surface area contributed by atoms with Gasteiger partial charge >= 0.3 is 0 Å². The molecule has 0 unspecified atom stereocenters. The molecule has 2 rings (SSSR count). The molecule has 6 heteroatoms. The molecule has 1 aromatic carbocycles. The summed E-state index contributed by atoms with van der Waals surface area (Å²) >= 11 is 0. The molecule has 0 saturated heterocycles. The highest BCUT2D eigenvalue weighted by atomic mass is 16.5. The lowest BCUT2D eigenvalue weighted by Gasteiger charge is -2.08. The van der Waals surface area contributed by atoms with E-state index in [9.17, 15) is 9.59 Å². The third-order valence-electron chi connectivity index (χ3n) is 3.19. The fourth-order valence-electron chi connectivity index (χ4n) is 1.98. The number of aryl methyl sites for hydroxylation is 1. The number of hydrogen-bond acceptors (Lipinski definition) is 4. The van der Waals surface area contributed by atoms with Crippen LogP contribution in [0.3, 0.4) is 0 Å². The molecule has 0 bridgehead atoms. The van der Waals surface area contributed by atoms with Gasteiger partial charge < -0.3 is 15.4 Å². The van der Waals surface area contributed by atoms with Gasteiger partial charge in [-0.3, -0.25) is 9.59 Å². The summed E-state index contributed by atoms with van der Waals surface area (Å²) in [5.74, 6) is -0.0410. The minimum Gasteiger partial charge on any atom is -0.481 e. The molecule has 2 aromatic rings. The second-order valence-electron chi connectivity index (χ2n) is 5.04. The van der Waals surface area contributed by atoms with E-state index in [-0.39, 0.29) is 18.4 Å². The fourth-order valence-corrected chi connectivity index (χ4v) is 1.98. The number of rotatable bonds is 6. The number of methoxy groups -OCH3 is 1. The van der Waals surface area contributed by atoms with Crippen molar-refractivity contribution in [3.63, 3.8) is 0 Å². The number of hydrogen-bond donors (Lipinski definition) is 2. The summed E-state index contributed by atoms with van der Waals surface area (Å²) in [6.45, 7) is 2.18. The summed E-state index contributed by atoms with van der Waals surface area (Å²) < 4.78 is 5.02. The molecule has 0 fully saturated rings. The maximum Gasteiger partial charge on any atom is 0.251 e. The average molecular weight is 313 g/mol. The lowest BCUT2D eigenvalue weighted by molar-refractivity contribution is -0.120. The van der Waals surface area contributed by atoms with Crippen molar-refractivity contribution in [1.82, 2.24) is 15.6 Å². The first kappa shape index (κ1) is 16.5. The Morgan fingerprint density at radius 1 is 1.17 bits per heavy atom. The second kappa shape index (κ2) is 7.93. The highest BCUT2D eigenvalue weighted by Gasteiger charge is 2.08. The summed E-state index contributed by atoms with van der Waals surface area (Å²) in [6.07, 6.45) is 1.61. The second-order valence-corrected chi connectivity index (χ2v) is 5.04. The van der Waals surface area contributed by atoms with Gasteiger partial charge in [0.15, 0.2) is 0 Å². The van der Waals surface area contributed by atoms with Gasteiger partial charge in [-0.2, -0.15) is 0 Å². The van der Waals surface area contributed by atoms with E-state index in [2.05, 4.69) is 15.6 Å². The zero-order chi connectivity index (χ0) is 16.7. The molecule has 0 radical (unpaired) electrons. The lowest BCUT2D eigenvalue weighted by atomic mass is 10.1. The predicted molar refractivity (Wildman–Crippen MR) is 86.1 cm³/mol. The number of nitrogens with one attached hydrogen (secondary N) is 2. The summed E-state index contributed by atoms with van der Waals surface area (Å²) in [5, 5.41) is 5.33. The average Bonchev–Trinajstić information content (AvgIpc) is 2.58. The van der Waals surface area contributed by atoms with E-state index >= 15 is 0 Å². The summed E-state index contributed by atoms with van der Waals surface area (Å²) in [7, 11) is 1.53. The van der Waals surface area contributed by atoms with Crippen molar-refractivity contribution in [2.75, 3.05) is 13.7 Å². The van der Waals surface area contributed by atoms with Crippen LogP contribution in [0, 0.1) is 6.92 Å². The van der Waals surface area contributed by atoms with Gasteiger partial charge in [-0.05, 0) is 30.7 Å². The minimum atomic E-state index is -0.269. The fraction of sp³-hybridized carbons (Fsp3) is 0.235. The van der Waals surface area contributed by atoms with Crippen LogP contribution in [-0.2, 0) is 11.3 Å². The number of carbonyl (C=O) groups is 2. The van der Waals surface area contributed by atoms with Crippen LogP contribution in [-0.4, -0.2) is 30.5 Å². The van der Waals surface area contributed by atoms with Crippen molar-refractivity contribution < 1.29 is 14.3 Å². The van der Waals surface area contributed by atoms with Crippen LogP contribution in [0.5, 0.6) is 5.88 Å². The van der Waals surface area contributed by atoms with E-state index < -0.39 is 0 Å². The van der Waals surface area contributed by atoms with E-state index in [1.807, 2.05) is 13.0 Å². The van der Waals surface area contributed by atoms with Crippen LogP contribution in [0.25, 0.3) is 0 Å². The lowest BCUT2D eigenvalue weighted by Crippen LogP contribution is -2.36. The highest BCUT2D eigenvalue weighted by molar-refractivity contribution is 5.96. The van der Waals surface area contributed by atoms with Crippen molar-refractivity contribution in [3.8, 4) is 5.88 Å². The van der Waals surface area contributed by atoms with Crippen LogP contribution >= 0.6 is 0 Å². The number of nitrogens with zero attached hydrogens (tertiary/aromatic N) is 1. The van der Waals surface area contributed by atoms with Crippen LogP contribution in [0.1, 0.15) is 21.5 Å². The number of ether oxygens (including phenoxy) is 1. The van der Waals surface area contributed by atoms with Gasteiger partial charge in [-0.1, -0.05) is 17.7 Å². The molecule has 0 aliphatic rings. The predicted octanol–water partition coefficient (Wildman–Crippen LogP) is 1.44. The molecule has 6 nitrogen and oxygen atoms in total. The third-order valence-corrected chi connectivity index (χ3v) is 3.19. The van der Waals surface area contributed by atoms with Crippen LogP contribution < -0.4 is 15.4 Å². The Kier molecular flexibility index (Phi) is 5.68. The van der Waals surface area contributed by atoms with Crippen LogP contribution in [0.4, 0.5) is 0 Å². The SMILES string of the molecule is COc1cc(CNC(=O)CNC(=O)c2cccc(C)c2)ccn1. The summed E-state index contributed by atoms with van der Waals surface area (Å²) in [6, 6.07) is 10.7. The first-order chi connectivity index (χ1) is 11.1. The molecular formula is C17H19N3O3. The van der Waals surface area contributed by atoms with Gasteiger partial charge in [0.2, 0.25) is 11.8 Å². The van der Waals surface area contributed by atoms with Gasteiger partial charge in [0.25, 0.3) is 5.91 Å². The molecule has 0 aliphatic carbocycles. The Labute approximate surface area is 134 Å². The van der Waals surface area contributed by atoms with E-state index in [0.29, 0.717) is 18.0 Å². The summed E-state index contributed by atoms with van der Waals surface area (Å²) in [4.78, 5) is 27.7. The van der Waals surface area contributed by atoms with Crippen molar-refractivity contribution in [2.45, 2.75) is 13.5 Å². The number of benzene rings is 1. The first-order valence-corrected chi connectivity index (χ1v) is 7.19. The molecule has 1 heterocycles. The van der Waals surface area contributed by atoms with E-state index in [4.69, 9.17) is 4.74 Å². The zero-order valence-electron chi connectivity index (χ0n) is 13.1. The maximum absolute atomic E-state index is 11.9. The largest absolute Gasteiger partial charge is 0.481 e. The molecule has 0 aliphatic heterocycles. The number of carbonyl (C=O) groups excluding carboxylic acids is 2. The van der Waals surface area contributed by atoms with Gasteiger partial charge in [0.1, 0.15) is 0 Å². The van der Waals surface area contributed by atoms with Gasteiger partial charge in [-0.25, -0.2) is 4.98 Å². The molecule has 0 atom stereocenters. The van der Waals surface area contributed by atoms with Gasteiger partial charge in [0, 0.05) is 24.4 Å². The Balaban J connectivity index is 1.79. The van der Waals surface area contributed by atoms with E-state index in [1.165, 1.54) is 7.11 Å². The molecule has 2 N–H and O–H groups in total. The normalized spacial score (nSPS) is 10.0. The Morgan fingerprint density at radius 2 is 2.00 bits per heavy atom. The first-order valence-electron chi connectivity index (χ1n) is 7.19. The molecule has 0 saturated carbocycles. The molecule has 2 amide bonds. The molecule has 120 valence electrons. The Morgan fingerprint density at radius 3 is 2.74 bits per heavy atom. The topological polar surface area (TPSA) is 80.3 Å². The van der Waals surface area contributed by atoms with E-state index in [1.54, 1.807) is 36.5 Å². The molecule has 1 aromatic heterocycles. The van der Waals surface area contributed by atoms with Crippen molar-refractivity contribution in [2.24, 2.45) is 0 Å². The Hall–Kier alpha value is -2.89. The van der Waals surface area contributed by atoms with Crippen LogP contribution in [0.2, 0.25) is 0 Å². The number of pyridine rings is 1. The van der Waals surface area contributed by atoms with Gasteiger partial charge in [0.05, 0.1) is 13.7 Å². The summed E-state index contributed by atoms with van der Waals surface area (Å²) in [5.41, 5.74) is 2.40. The molecule has 23 heavy (non-hydrogen) atoms. The number of aromatic nitrogens is 1. The maximum atomic E-state index is 11.9. The quantitative estimate of drug-likeness (QED) is 0.846. The molecular weight excluding hydrogens is 294 g/mol. The Bertz CT molecular complexity index is 701. The van der Waals surface area contributed by atoms with Crippen molar-refractivity contribution >= 4 is 11.8 Å². The zero-order valence-corrected chi connectivity index (χ0v) is 13.1. The smallest absolute Gasteiger partial charge is 0.251 e. The van der Waals surface area contributed by atoms with Crippen molar-refractivity contribution in [1.29, 1.82) is 0 Å². The minimum absolute atomic E-state index is 0.0744. The van der Waals surface area contributed by atoms with Gasteiger partial charge in [-0.15, -0.1) is 0 Å². The standard InChI is InChI=1S/C17H19N3O3/c1-12-4-3-5-14(8-12)17(22)20-11-15(21)19-10-13-6-7-18-16(9-13)23-2/h3-9H,10-11H2,1-2H3,(H,19,21)(H,20,22). The molecule has 0 spiro atoms.